The molecule has 1 unspecified atom stereocenters. The van der Waals surface area contributed by atoms with E-state index in [4.69, 9.17) is 4.74 Å². The van der Waals surface area contributed by atoms with Crippen LogP contribution in [0.4, 0.5) is 26.5 Å². The molecule has 30 heavy (non-hydrogen) atoms. The van der Waals surface area contributed by atoms with Crippen LogP contribution >= 0.6 is 0 Å². The lowest BCUT2D eigenvalue weighted by Gasteiger charge is -2.22. The Kier molecular flexibility index (Phi) is 5.84. The summed E-state index contributed by atoms with van der Waals surface area (Å²) in [6.07, 6.45) is 3.78. The van der Waals surface area contributed by atoms with Crippen molar-refractivity contribution in [2.75, 3.05) is 23.8 Å². The minimum absolute atomic E-state index is 0.282. The number of benzene rings is 1. The number of ether oxygens (including phenoxy) is 1. The molecule has 4 rings (SSSR count). The van der Waals surface area contributed by atoms with Gasteiger partial charge in [0.2, 0.25) is 11.9 Å². The summed E-state index contributed by atoms with van der Waals surface area (Å²) in [5.74, 6) is 0.476. The molecule has 158 valence electrons. The third-order valence-electron chi connectivity index (χ3n) is 4.93. The molecule has 1 atom stereocenters. The lowest BCUT2D eigenvalue weighted by Crippen LogP contribution is -2.20. The monoisotopic (exact) mass is 415 g/mol. The smallest absolute Gasteiger partial charge is 0.233 e. The van der Waals surface area contributed by atoms with Crippen LogP contribution in [0.25, 0.3) is 0 Å². The highest BCUT2D eigenvalue weighted by Gasteiger charge is 2.17. The van der Waals surface area contributed by atoms with Crippen LogP contribution in [0.5, 0.6) is 0 Å². The summed E-state index contributed by atoms with van der Waals surface area (Å²) in [6.45, 7) is 4.96. The largest absolute Gasteiger partial charge is 0.381 e. The molecule has 1 aromatic carbocycles. The third-order valence-corrected chi connectivity index (χ3v) is 4.93. The minimum atomic E-state index is -0.627. The third kappa shape index (κ3) is 4.70. The van der Waals surface area contributed by atoms with Gasteiger partial charge < -0.3 is 15.4 Å². The maximum Gasteiger partial charge on any atom is 0.233 e. The molecule has 10 heteroatoms. The van der Waals surface area contributed by atoms with E-state index in [1.807, 2.05) is 16.9 Å². The molecule has 0 bridgehead atoms. The summed E-state index contributed by atoms with van der Waals surface area (Å²) in [6, 6.07) is 5.19. The van der Waals surface area contributed by atoms with Crippen molar-refractivity contribution in [1.82, 2.24) is 24.7 Å². The van der Waals surface area contributed by atoms with E-state index < -0.39 is 17.7 Å². The molecule has 3 aromatic rings. The molecular formula is C20H23F2N7O. The first-order chi connectivity index (χ1) is 14.5. The van der Waals surface area contributed by atoms with E-state index in [2.05, 4.69) is 30.7 Å². The lowest BCUT2D eigenvalue weighted by atomic mass is 10.1. The Hall–Kier alpha value is -3.14. The Bertz CT molecular complexity index is 1020. The minimum Gasteiger partial charge on any atom is -0.381 e. The van der Waals surface area contributed by atoms with Gasteiger partial charge in [-0.05, 0) is 32.8 Å². The molecule has 1 fully saturated rings. The zero-order valence-corrected chi connectivity index (χ0v) is 16.8. The number of aromatic nitrogens is 5. The van der Waals surface area contributed by atoms with E-state index in [0.717, 1.165) is 32.1 Å². The van der Waals surface area contributed by atoms with Gasteiger partial charge in [-0.1, -0.05) is 6.07 Å². The molecular weight excluding hydrogens is 392 g/mol. The van der Waals surface area contributed by atoms with Gasteiger partial charge in [0.15, 0.2) is 5.82 Å². The topological polar surface area (TPSA) is 89.8 Å². The normalized spacial score (nSPS) is 15.7. The van der Waals surface area contributed by atoms with Crippen LogP contribution < -0.4 is 10.6 Å². The summed E-state index contributed by atoms with van der Waals surface area (Å²) >= 11 is 0. The van der Waals surface area contributed by atoms with E-state index in [1.54, 1.807) is 13.8 Å². The van der Waals surface area contributed by atoms with Crippen LogP contribution in [0.1, 0.15) is 43.2 Å². The van der Waals surface area contributed by atoms with Gasteiger partial charge in [0, 0.05) is 37.1 Å². The maximum atomic E-state index is 14.0. The summed E-state index contributed by atoms with van der Waals surface area (Å²) in [4.78, 5) is 12.9. The molecule has 3 heterocycles. The lowest BCUT2D eigenvalue weighted by molar-refractivity contribution is 0.0663. The molecule has 0 aliphatic carbocycles. The van der Waals surface area contributed by atoms with Crippen LogP contribution in [-0.2, 0) is 4.74 Å². The number of anilines is 3. The predicted octanol–water partition coefficient (Wildman–Crippen LogP) is 3.92. The second kappa shape index (κ2) is 8.70. The fourth-order valence-corrected chi connectivity index (χ4v) is 3.40. The first-order valence-corrected chi connectivity index (χ1v) is 9.82. The Morgan fingerprint density at radius 3 is 2.63 bits per heavy atom. The maximum absolute atomic E-state index is 14.0. The van der Waals surface area contributed by atoms with Crippen molar-refractivity contribution in [3.63, 3.8) is 0 Å². The molecule has 0 spiro atoms. The van der Waals surface area contributed by atoms with Gasteiger partial charge in [0.05, 0.1) is 12.1 Å². The highest BCUT2D eigenvalue weighted by Crippen LogP contribution is 2.23. The Morgan fingerprint density at radius 1 is 1.10 bits per heavy atom. The van der Waals surface area contributed by atoms with Gasteiger partial charge in [-0.15, -0.1) is 0 Å². The van der Waals surface area contributed by atoms with Crippen molar-refractivity contribution < 1.29 is 13.5 Å². The zero-order chi connectivity index (χ0) is 21.1. The first kappa shape index (κ1) is 20.1. The summed E-state index contributed by atoms with van der Waals surface area (Å²) < 4.78 is 34.5. The number of nitrogens with one attached hydrogen (secondary N) is 2. The average Bonchev–Trinajstić information content (AvgIpc) is 3.16. The van der Waals surface area contributed by atoms with Crippen LogP contribution in [0.15, 0.2) is 30.5 Å². The number of hydrogen-bond donors (Lipinski definition) is 2. The van der Waals surface area contributed by atoms with Crippen molar-refractivity contribution in [2.24, 2.45) is 0 Å². The molecule has 0 saturated carbocycles. The van der Waals surface area contributed by atoms with Crippen molar-refractivity contribution >= 4 is 17.7 Å². The van der Waals surface area contributed by atoms with Gasteiger partial charge >= 0.3 is 0 Å². The molecule has 0 radical (unpaired) electrons. The Labute approximate surface area is 172 Å². The molecule has 2 N–H and O–H groups in total. The molecule has 0 amide bonds. The summed E-state index contributed by atoms with van der Waals surface area (Å²) in [5, 5.41) is 10.7. The highest BCUT2D eigenvalue weighted by molar-refractivity contribution is 5.48. The molecule has 8 nitrogen and oxygen atoms in total. The second-order valence-corrected chi connectivity index (χ2v) is 7.21. The van der Waals surface area contributed by atoms with E-state index in [1.165, 1.54) is 12.1 Å². The number of nitrogens with zero attached hydrogens (tertiary/aromatic N) is 5. The first-order valence-electron chi connectivity index (χ1n) is 9.82. The number of halogens is 2. The Balaban J connectivity index is 1.47. The van der Waals surface area contributed by atoms with E-state index >= 15 is 0 Å². The van der Waals surface area contributed by atoms with Crippen molar-refractivity contribution in [3.8, 4) is 0 Å². The number of aryl methyl sites for hydroxylation is 1. The SMILES string of the molecule is Cc1nc(Nc2ccn(C3CCOCC3)n2)nc(NC(C)c2ccc(F)cc2F)n1. The number of hydrogen-bond acceptors (Lipinski definition) is 7. The molecule has 1 saturated heterocycles. The summed E-state index contributed by atoms with van der Waals surface area (Å²) in [5.41, 5.74) is 0.319. The van der Waals surface area contributed by atoms with Crippen molar-refractivity contribution in [2.45, 2.75) is 38.8 Å². The van der Waals surface area contributed by atoms with E-state index in [0.29, 0.717) is 29.2 Å². The number of rotatable bonds is 6. The molecule has 1 aliphatic heterocycles. The summed E-state index contributed by atoms with van der Waals surface area (Å²) in [7, 11) is 0. The average molecular weight is 415 g/mol. The quantitative estimate of drug-likeness (QED) is 0.631. The van der Waals surface area contributed by atoms with Crippen molar-refractivity contribution in [3.05, 3.63) is 53.5 Å². The van der Waals surface area contributed by atoms with Gasteiger partial charge in [-0.2, -0.15) is 20.1 Å². The van der Waals surface area contributed by atoms with Gasteiger partial charge in [0.25, 0.3) is 0 Å². The zero-order valence-electron chi connectivity index (χ0n) is 16.8. The van der Waals surface area contributed by atoms with Gasteiger partial charge in [-0.25, -0.2) is 8.78 Å². The van der Waals surface area contributed by atoms with Gasteiger partial charge in [-0.3, -0.25) is 4.68 Å². The highest BCUT2D eigenvalue weighted by atomic mass is 19.1. The van der Waals surface area contributed by atoms with Crippen LogP contribution in [0.3, 0.4) is 0 Å². The standard InChI is InChI=1S/C20H23F2N7O/c1-12(16-4-3-14(21)11-17(16)22)23-19-24-13(2)25-20(27-19)26-18-5-8-29(28-18)15-6-9-30-10-7-15/h3-5,8,11-12,15H,6-7,9-10H2,1-2H3,(H2,23,24,25,26,27,28). The second-order valence-electron chi connectivity index (χ2n) is 7.21. The predicted molar refractivity (Wildman–Crippen MR) is 108 cm³/mol. The van der Waals surface area contributed by atoms with E-state index in [9.17, 15) is 8.78 Å². The van der Waals surface area contributed by atoms with Crippen LogP contribution in [0, 0.1) is 18.6 Å². The molecule has 2 aromatic heterocycles. The van der Waals surface area contributed by atoms with Crippen molar-refractivity contribution in [1.29, 1.82) is 0 Å². The molecule has 1 aliphatic rings. The van der Waals surface area contributed by atoms with Gasteiger partial charge in [0.1, 0.15) is 17.5 Å². The van der Waals surface area contributed by atoms with E-state index in [-0.39, 0.29) is 5.95 Å². The van der Waals surface area contributed by atoms with Crippen LogP contribution in [-0.4, -0.2) is 37.9 Å². The Morgan fingerprint density at radius 2 is 1.87 bits per heavy atom. The fourth-order valence-electron chi connectivity index (χ4n) is 3.40. The van der Waals surface area contributed by atoms with Crippen LogP contribution in [0.2, 0.25) is 0 Å². The fraction of sp³-hybridized carbons (Fsp3) is 0.400.